The van der Waals surface area contributed by atoms with Crippen molar-refractivity contribution in [1.29, 1.82) is 0 Å². The van der Waals surface area contributed by atoms with Crippen molar-refractivity contribution in [3.05, 3.63) is 65.7 Å². The molecule has 0 aliphatic heterocycles. The molecule has 20 heavy (non-hydrogen) atoms. The molecule has 0 saturated carbocycles. The SMILES string of the molecule is CCOc1ccc(C(N)C(CC)c2ccccc2)cc1. The Balaban J connectivity index is 2.18. The summed E-state index contributed by atoms with van der Waals surface area (Å²) in [5.41, 5.74) is 8.92. The van der Waals surface area contributed by atoms with E-state index in [-0.39, 0.29) is 6.04 Å². The van der Waals surface area contributed by atoms with Crippen molar-refractivity contribution in [3.63, 3.8) is 0 Å². The molecule has 0 aliphatic carbocycles. The molecular weight excluding hydrogens is 246 g/mol. The zero-order valence-corrected chi connectivity index (χ0v) is 12.3. The standard InChI is InChI=1S/C18H23NO/c1-3-17(14-8-6-5-7-9-14)18(19)15-10-12-16(13-11-15)20-4-2/h5-13,17-18H,3-4,19H2,1-2H3. The molecule has 2 N–H and O–H groups in total. The molecule has 0 bridgehead atoms. The molecule has 0 aliphatic rings. The fraction of sp³-hybridized carbons (Fsp3) is 0.333. The van der Waals surface area contributed by atoms with Crippen LogP contribution in [0.4, 0.5) is 0 Å². The van der Waals surface area contributed by atoms with E-state index in [1.807, 2.05) is 25.1 Å². The summed E-state index contributed by atoms with van der Waals surface area (Å²) in [6.45, 7) is 4.86. The Morgan fingerprint density at radius 1 is 0.900 bits per heavy atom. The van der Waals surface area contributed by atoms with E-state index in [1.165, 1.54) is 5.56 Å². The largest absolute Gasteiger partial charge is 0.494 e. The lowest BCUT2D eigenvalue weighted by atomic mass is 9.86. The summed E-state index contributed by atoms with van der Waals surface area (Å²) in [6.07, 6.45) is 1.03. The van der Waals surface area contributed by atoms with E-state index >= 15 is 0 Å². The highest BCUT2D eigenvalue weighted by Gasteiger charge is 2.19. The first-order valence-corrected chi connectivity index (χ1v) is 7.29. The lowest BCUT2D eigenvalue weighted by Gasteiger charge is -2.23. The summed E-state index contributed by atoms with van der Waals surface area (Å²) >= 11 is 0. The van der Waals surface area contributed by atoms with Gasteiger partial charge in [-0.05, 0) is 36.6 Å². The highest BCUT2D eigenvalue weighted by molar-refractivity contribution is 5.32. The van der Waals surface area contributed by atoms with Gasteiger partial charge in [0.2, 0.25) is 0 Å². The van der Waals surface area contributed by atoms with Crippen molar-refractivity contribution in [3.8, 4) is 5.75 Å². The van der Waals surface area contributed by atoms with Crippen LogP contribution in [0.5, 0.6) is 5.75 Å². The quantitative estimate of drug-likeness (QED) is 0.849. The summed E-state index contributed by atoms with van der Waals surface area (Å²) in [6, 6.07) is 18.6. The minimum Gasteiger partial charge on any atom is -0.494 e. The molecule has 2 nitrogen and oxygen atoms in total. The van der Waals surface area contributed by atoms with E-state index in [9.17, 15) is 0 Å². The normalized spacial score (nSPS) is 13.8. The molecule has 2 heteroatoms. The number of nitrogens with two attached hydrogens (primary N) is 1. The molecule has 2 unspecified atom stereocenters. The molecule has 0 saturated heterocycles. The number of hydrogen-bond acceptors (Lipinski definition) is 2. The zero-order valence-electron chi connectivity index (χ0n) is 12.3. The molecule has 0 amide bonds. The minimum absolute atomic E-state index is 0.0121. The van der Waals surface area contributed by atoms with Gasteiger partial charge in [0.1, 0.15) is 5.75 Å². The monoisotopic (exact) mass is 269 g/mol. The number of benzene rings is 2. The third-order valence-corrected chi connectivity index (χ3v) is 3.68. The van der Waals surface area contributed by atoms with Gasteiger partial charge in [-0.3, -0.25) is 0 Å². The Morgan fingerprint density at radius 3 is 2.10 bits per heavy atom. The fourth-order valence-corrected chi connectivity index (χ4v) is 2.58. The van der Waals surface area contributed by atoms with Gasteiger partial charge in [0.25, 0.3) is 0 Å². The molecular formula is C18H23NO. The van der Waals surface area contributed by atoms with Gasteiger partial charge < -0.3 is 10.5 Å². The van der Waals surface area contributed by atoms with Gasteiger partial charge >= 0.3 is 0 Å². The second-order valence-electron chi connectivity index (χ2n) is 4.95. The van der Waals surface area contributed by atoms with Crippen molar-refractivity contribution in [1.82, 2.24) is 0 Å². The van der Waals surface area contributed by atoms with Crippen LogP contribution in [0.3, 0.4) is 0 Å². The van der Waals surface area contributed by atoms with Crippen molar-refractivity contribution in [2.75, 3.05) is 6.61 Å². The number of rotatable bonds is 6. The average molecular weight is 269 g/mol. The number of ether oxygens (including phenoxy) is 1. The van der Waals surface area contributed by atoms with E-state index in [2.05, 4.69) is 43.3 Å². The zero-order chi connectivity index (χ0) is 14.4. The molecule has 0 aromatic heterocycles. The predicted molar refractivity (Wildman–Crippen MR) is 84.0 cm³/mol. The van der Waals surface area contributed by atoms with Crippen LogP contribution in [0.1, 0.15) is 43.4 Å². The maximum Gasteiger partial charge on any atom is 0.119 e. The van der Waals surface area contributed by atoms with Crippen LogP contribution in [0.2, 0.25) is 0 Å². The topological polar surface area (TPSA) is 35.2 Å². The Morgan fingerprint density at radius 2 is 1.55 bits per heavy atom. The van der Waals surface area contributed by atoms with E-state index < -0.39 is 0 Å². The summed E-state index contributed by atoms with van der Waals surface area (Å²) in [5.74, 6) is 1.24. The second kappa shape index (κ2) is 7.11. The number of hydrogen-bond donors (Lipinski definition) is 1. The molecule has 0 radical (unpaired) electrons. The summed E-state index contributed by atoms with van der Waals surface area (Å²) < 4.78 is 5.47. The van der Waals surface area contributed by atoms with Gasteiger partial charge in [-0.1, -0.05) is 49.4 Å². The third-order valence-electron chi connectivity index (χ3n) is 3.68. The van der Waals surface area contributed by atoms with Crippen LogP contribution in [0, 0.1) is 0 Å². The second-order valence-corrected chi connectivity index (χ2v) is 4.95. The first-order valence-electron chi connectivity index (χ1n) is 7.29. The lowest BCUT2D eigenvalue weighted by molar-refractivity contribution is 0.340. The van der Waals surface area contributed by atoms with Crippen molar-refractivity contribution < 1.29 is 4.74 Å². The van der Waals surface area contributed by atoms with Gasteiger partial charge in [-0.15, -0.1) is 0 Å². The van der Waals surface area contributed by atoms with Crippen LogP contribution in [-0.4, -0.2) is 6.61 Å². The Kier molecular flexibility index (Phi) is 5.19. The molecule has 2 aromatic carbocycles. The van der Waals surface area contributed by atoms with Crippen LogP contribution in [0.15, 0.2) is 54.6 Å². The predicted octanol–water partition coefficient (Wildman–Crippen LogP) is 4.28. The summed E-state index contributed by atoms with van der Waals surface area (Å²) in [7, 11) is 0. The van der Waals surface area contributed by atoms with Crippen LogP contribution in [0.25, 0.3) is 0 Å². The molecule has 0 spiro atoms. The Hall–Kier alpha value is -1.80. The molecule has 2 aromatic rings. The van der Waals surface area contributed by atoms with Gasteiger partial charge in [0.05, 0.1) is 6.61 Å². The summed E-state index contributed by atoms with van der Waals surface area (Å²) in [4.78, 5) is 0. The van der Waals surface area contributed by atoms with Crippen molar-refractivity contribution in [2.24, 2.45) is 5.73 Å². The highest BCUT2D eigenvalue weighted by Crippen LogP contribution is 2.32. The fourth-order valence-electron chi connectivity index (χ4n) is 2.58. The van der Waals surface area contributed by atoms with Gasteiger partial charge in [-0.2, -0.15) is 0 Å². The minimum atomic E-state index is 0.0121. The van der Waals surface area contributed by atoms with Gasteiger partial charge in [-0.25, -0.2) is 0 Å². The first-order chi connectivity index (χ1) is 9.76. The van der Waals surface area contributed by atoms with Gasteiger partial charge in [0.15, 0.2) is 0 Å². The van der Waals surface area contributed by atoms with Crippen molar-refractivity contribution in [2.45, 2.75) is 32.2 Å². The van der Waals surface area contributed by atoms with Gasteiger partial charge in [0, 0.05) is 12.0 Å². The summed E-state index contributed by atoms with van der Waals surface area (Å²) in [5, 5.41) is 0. The molecule has 0 fully saturated rings. The van der Waals surface area contributed by atoms with E-state index in [4.69, 9.17) is 10.5 Å². The third kappa shape index (κ3) is 3.40. The Bertz CT molecular complexity index is 507. The van der Waals surface area contributed by atoms with Crippen LogP contribution < -0.4 is 10.5 Å². The average Bonchev–Trinajstić information content (AvgIpc) is 2.50. The Labute approximate surface area is 121 Å². The maximum atomic E-state index is 6.47. The maximum absolute atomic E-state index is 6.47. The molecule has 2 rings (SSSR count). The van der Waals surface area contributed by atoms with Crippen LogP contribution >= 0.6 is 0 Å². The first kappa shape index (κ1) is 14.6. The highest BCUT2D eigenvalue weighted by atomic mass is 16.5. The van der Waals surface area contributed by atoms with E-state index in [1.54, 1.807) is 0 Å². The van der Waals surface area contributed by atoms with Crippen LogP contribution in [-0.2, 0) is 0 Å². The molecule has 106 valence electrons. The van der Waals surface area contributed by atoms with Crippen molar-refractivity contribution >= 4 is 0 Å². The van der Waals surface area contributed by atoms with E-state index in [0.717, 1.165) is 17.7 Å². The molecule has 2 atom stereocenters. The van der Waals surface area contributed by atoms with E-state index in [0.29, 0.717) is 12.5 Å². The molecule has 0 heterocycles. The smallest absolute Gasteiger partial charge is 0.119 e. The lowest BCUT2D eigenvalue weighted by Crippen LogP contribution is -2.19.